The van der Waals surface area contributed by atoms with E-state index in [1.54, 1.807) is 7.11 Å². The van der Waals surface area contributed by atoms with Crippen molar-refractivity contribution in [2.75, 3.05) is 26.8 Å². The Kier molecular flexibility index (Phi) is 10.9. The van der Waals surface area contributed by atoms with Gasteiger partial charge in [-0.3, -0.25) is 19.5 Å². The number of pyridine rings is 1. The number of carbonyl (C=O) groups is 2. The molecule has 0 amide bonds. The van der Waals surface area contributed by atoms with E-state index < -0.39 is 0 Å². The van der Waals surface area contributed by atoms with E-state index in [1.807, 2.05) is 37.4 Å². The average molecular weight is 501 g/mol. The second kappa shape index (κ2) is 13.9. The number of esters is 1. The minimum atomic E-state index is -0.135. The zero-order chi connectivity index (χ0) is 25.2. The van der Waals surface area contributed by atoms with Crippen molar-refractivity contribution < 1.29 is 19.1 Å². The molecule has 3 aliphatic heterocycles. The number of hydrogen-bond acceptors (Lipinski definition) is 6. The highest BCUT2D eigenvalue weighted by atomic mass is 31.1. The molecule has 1 aromatic heterocycles. The van der Waals surface area contributed by atoms with Gasteiger partial charge in [0.15, 0.2) is 0 Å². The lowest BCUT2D eigenvalue weighted by atomic mass is 9.94. The van der Waals surface area contributed by atoms with Gasteiger partial charge in [0, 0.05) is 37.4 Å². The lowest BCUT2D eigenvalue weighted by Crippen LogP contribution is -2.52. The van der Waals surface area contributed by atoms with Gasteiger partial charge in [0.05, 0.1) is 18.4 Å². The number of methoxy groups -OCH3 is 1. The van der Waals surface area contributed by atoms with E-state index in [1.165, 1.54) is 31.5 Å². The van der Waals surface area contributed by atoms with Crippen LogP contribution in [-0.2, 0) is 14.3 Å². The monoisotopic (exact) mass is 500 g/mol. The number of carbonyl (C=O) groups excluding carboxylic acids is 2. The molecule has 2 bridgehead atoms. The topological polar surface area (TPSA) is 68.7 Å². The summed E-state index contributed by atoms with van der Waals surface area (Å²) in [5, 5.41) is 1.15. The van der Waals surface area contributed by atoms with Gasteiger partial charge in [-0.1, -0.05) is 28.8 Å². The van der Waals surface area contributed by atoms with E-state index >= 15 is 0 Å². The van der Waals surface area contributed by atoms with Crippen molar-refractivity contribution in [2.45, 2.75) is 77.2 Å². The largest absolute Gasteiger partial charge is 0.497 e. The van der Waals surface area contributed by atoms with Crippen LogP contribution in [0.3, 0.4) is 0 Å². The average Bonchev–Trinajstić information content (AvgIpc) is 2.88. The number of piperidine rings is 1. The van der Waals surface area contributed by atoms with Gasteiger partial charge in [-0.2, -0.15) is 0 Å². The maximum absolute atomic E-state index is 11.8. The van der Waals surface area contributed by atoms with Crippen LogP contribution in [0.1, 0.15) is 64.4 Å². The van der Waals surface area contributed by atoms with Crippen LogP contribution in [0.5, 0.6) is 5.75 Å². The van der Waals surface area contributed by atoms with E-state index in [9.17, 15) is 9.59 Å². The molecule has 5 atom stereocenters. The number of hydrogen-bond donors (Lipinski definition) is 0. The van der Waals surface area contributed by atoms with E-state index in [2.05, 4.69) is 23.7 Å². The Morgan fingerprint density at radius 2 is 2.00 bits per heavy atom. The standard InChI is InChI=1S/C17H30NO3P.C11H11NO/c1-3-6-14(19)7-5-8-17(20)21-12-16-18-10-9-15(22-16)13(4-2)11-18;1-8-5-6-12-11-4-3-9(13-2)7-10(8)11/h13,15-16,22H,3-12H2,1-2H3;3-7H,1-2H3. The third kappa shape index (κ3) is 7.98. The molecular formula is C28H41N2O4P. The highest BCUT2D eigenvalue weighted by Crippen LogP contribution is 2.46. The zero-order valence-corrected chi connectivity index (χ0v) is 22.7. The Labute approximate surface area is 211 Å². The van der Waals surface area contributed by atoms with Crippen LogP contribution in [0.4, 0.5) is 0 Å². The van der Waals surface area contributed by atoms with Crippen molar-refractivity contribution in [3.63, 3.8) is 0 Å². The number of rotatable bonds is 10. The molecule has 7 heteroatoms. The number of fused-ring (bicyclic) bond motifs is 4. The molecular weight excluding hydrogens is 459 g/mol. The molecule has 3 aliphatic rings. The van der Waals surface area contributed by atoms with Gasteiger partial charge < -0.3 is 9.47 Å². The molecule has 5 rings (SSSR count). The van der Waals surface area contributed by atoms with Crippen LogP contribution >= 0.6 is 8.58 Å². The van der Waals surface area contributed by atoms with E-state index in [4.69, 9.17) is 9.47 Å². The predicted octanol–water partition coefficient (Wildman–Crippen LogP) is 5.74. The highest BCUT2D eigenvalue weighted by molar-refractivity contribution is 7.40. The molecule has 3 saturated heterocycles. The second-order valence-electron chi connectivity index (χ2n) is 9.58. The quantitative estimate of drug-likeness (QED) is 0.306. The van der Waals surface area contributed by atoms with Gasteiger partial charge in [-0.25, -0.2) is 0 Å². The number of nitrogens with zero attached hydrogens (tertiary/aromatic N) is 2. The fraction of sp³-hybridized carbons (Fsp3) is 0.607. The summed E-state index contributed by atoms with van der Waals surface area (Å²) >= 11 is 0. The van der Waals surface area contributed by atoms with Gasteiger partial charge in [-0.15, -0.1) is 0 Å². The third-order valence-electron chi connectivity index (χ3n) is 7.07. The first-order valence-electron chi connectivity index (χ1n) is 13.0. The Morgan fingerprint density at radius 1 is 1.17 bits per heavy atom. The molecule has 2 aromatic rings. The van der Waals surface area contributed by atoms with Crippen LogP contribution in [0.15, 0.2) is 30.5 Å². The summed E-state index contributed by atoms with van der Waals surface area (Å²) in [5.74, 6) is 2.31. The fourth-order valence-electron chi connectivity index (χ4n) is 4.95. The van der Waals surface area contributed by atoms with E-state index in [0.717, 1.165) is 43.2 Å². The number of ketones is 1. The smallest absolute Gasteiger partial charge is 0.305 e. The lowest BCUT2D eigenvalue weighted by molar-refractivity contribution is -0.145. The maximum Gasteiger partial charge on any atom is 0.305 e. The minimum Gasteiger partial charge on any atom is -0.497 e. The normalized spacial score (nSPS) is 23.5. The number of ether oxygens (including phenoxy) is 2. The van der Waals surface area contributed by atoms with Crippen LogP contribution in [0.25, 0.3) is 10.9 Å². The summed E-state index contributed by atoms with van der Waals surface area (Å²) in [6.07, 6.45) is 7.47. The molecule has 192 valence electrons. The van der Waals surface area contributed by atoms with Gasteiger partial charge in [0.1, 0.15) is 18.1 Å². The molecule has 6 nitrogen and oxygen atoms in total. The van der Waals surface area contributed by atoms with Crippen molar-refractivity contribution in [1.29, 1.82) is 0 Å². The summed E-state index contributed by atoms with van der Waals surface area (Å²) in [6, 6.07) is 7.91. The molecule has 0 N–H and O–H groups in total. The van der Waals surface area contributed by atoms with Crippen molar-refractivity contribution in [1.82, 2.24) is 9.88 Å². The third-order valence-corrected chi connectivity index (χ3v) is 9.18. The summed E-state index contributed by atoms with van der Waals surface area (Å²) in [6.45, 7) is 9.26. The predicted molar refractivity (Wildman–Crippen MR) is 144 cm³/mol. The highest BCUT2D eigenvalue weighted by Gasteiger charge is 2.39. The first-order chi connectivity index (χ1) is 16.9. The number of aryl methyl sites for hydroxylation is 1. The molecule has 5 unspecified atom stereocenters. The van der Waals surface area contributed by atoms with Gasteiger partial charge in [0.2, 0.25) is 0 Å². The Morgan fingerprint density at radius 3 is 2.69 bits per heavy atom. The minimum absolute atomic E-state index is 0.135. The molecule has 0 aliphatic carbocycles. The summed E-state index contributed by atoms with van der Waals surface area (Å²) in [5.41, 5.74) is 3.09. The maximum atomic E-state index is 11.8. The molecule has 35 heavy (non-hydrogen) atoms. The summed E-state index contributed by atoms with van der Waals surface area (Å²) < 4.78 is 10.6. The second-order valence-corrected chi connectivity index (χ2v) is 11.3. The van der Waals surface area contributed by atoms with Crippen molar-refractivity contribution in [2.24, 2.45) is 5.92 Å². The summed E-state index contributed by atoms with van der Waals surface area (Å²) in [7, 11) is 2.59. The van der Waals surface area contributed by atoms with Crippen LogP contribution in [0, 0.1) is 12.8 Å². The molecule has 0 spiro atoms. The fourth-order valence-corrected chi connectivity index (χ4v) is 6.98. The lowest BCUT2D eigenvalue weighted by Gasteiger charge is -2.49. The molecule has 1 aromatic carbocycles. The van der Waals surface area contributed by atoms with Crippen LogP contribution in [0.2, 0.25) is 0 Å². The molecule has 0 saturated carbocycles. The van der Waals surface area contributed by atoms with Gasteiger partial charge in [0.25, 0.3) is 0 Å². The Hall–Kier alpha value is -2.04. The molecule has 3 fully saturated rings. The Bertz CT molecular complexity index is 983. The van der Waals surface area contributed by atoms with Crippen molar-refractivity contribution in [3.05, 3.63) is 36.0 Å². The number of aromatic nitrogens is 1. The number of benzene rings is 1. The van der Waals surface area contributed by atoms with Gasteiger partial charge in [-0.05, 0) is 74.1 Å². The van der Waals surface area contributed by atoms with E-state index in [0.29, 0.717) is 38.1 Å². The first kappa shape index (κ1) is 27.5. The van der Waals surface area contributed by atoms with Crippen LogP contribution in [-0.4, -0.2) is 59.9 Å². The van der Waals surface area contributed by atoms with Crippen LogP contribution < -0.4 is 4.74 Å². The van der Waals surface area contributed by atoms with Crippen molar-refractivity contribution in [3.8, 4) is 5.75 Å². The molecule has 0 radical (unpaired) electrons. The molecule has 4 heterocycles. The SMILES string of the molecule is CCCC(=O)CCCC(=O)OCC1PC2CCN1CC2CC.COc1ccc2nccc(C)c2c1. The summed E-state index contributed by atoms with van der Waals surface area (Å²) in [4.78, 5) is 30.0. The van der Waals surface area contributed by atoms with E-state index in [-0.39, 0.29) is 11.8 Å². The number of Topliss-reactive ketones (excluding diaryl/α,β-unsaturated/α-hetero) is 1. The van der Waals surface area contributed by atoms with Crippen molar-refractivity contribution >= 4 is 31.2 Å². The zero-order valence-electron chi connectivity index (χ0n) is 21.7. The van der Waals surface area contributed by atoms with Gasteiger partial charge >= 0.3 is 5.97 Å². The Balaban J connectivity index is 0.000000223. The first-order valence-corrected chi connectivity index (χ1v) is 14.2.